The standard InChI is InChI=1S/C32H29N5O2S/c1-2-36-30(34-35-32(36)40)20-37-27-16-10-9-15-26(27)33-31(37)25-17-18-28(38-21-23-11-5-3-6-12-23)29(19-25)39-22-24-13-7-4-8-14-24/h3-19H,2,20-22H2,1H3,(H,35,40). The van der Waals surface area contributed by atoms with Crippen molar-refractivity contribution in [1.29, 1.82) is 0 Å². The summed E-state index contributed by atoms with van der Waals surface area (Å²) in [5.74, 6) is 3.00. The third-order valence-corrected chi connectivity index (χ3v) is 7.10. The van der Waals surface area contributed by atoms with Crippen LogP contribution in [-0.2, 0) is 26.3 Å². The highest BCUT2D eigenvalue weighted by Crippen LogP contribution is 2.35. The molecule has 0 saturated carbocycles. The number of aromatic amines is 1. The summed E-state index contributed by atoms with van der Waals surface area (Å²) in [6.07, 6.45) is 0. The maximum Gasteiger partial charge on any atom is 0.195 e. The lowest BCUT2D eigenvalue weighted by atomic mass is 10.1. The van der Waals surface area contributed by atoms with Crippen LogP contribution < -0.4 is 9.47 Å². The first-order chi connectivity index (χ1) is 19.7. The molecule has 0 atom stereocenters. The van der Waals surface area contributed by atoms with E-state index in [1.807, 2.05) is 102 Å². The van der Waals surface area contributed by atoms with Gasteiger partial charge in [-0.1, -0.05) is 72.8 Å². The summed E-state index contributed by atoms with van der Waals surface area (Å²) in [5, 5.41) is 7.43. The Bertz CT molecular complexity index is 1790. The molecule has 7 nitrogen and oxygen atoms in total. The Morgan fingerprint density at radius 3 is 2.10 bits per heavy atom. The van der Waals surface area contributed by atoms with Crippen molar-refractivity contribution < 1.29 is 9.47 Å². The summed E-state index contributed by atoms with van der Waals surface area (Å²) in [7, 11) is 0. The zero-order chi connectivity index (χ0) is 27.3. The maximum atomic E-state index is 6.35. The second-order valence-electron chi connectivity index (χ2n) is 9.41. The third kappa shape index (κ3) is 5.39. The molecule has 200 valence electrons. The van der Waals surface area contributed by atoms with Crippen LogP contribution in [0.15, 0.2) is 103 Å². The Kier molecular flexibility index (Phi) is 7.41. The van der Waals surface area contributed by atoms with Crippen LogP contribution in [0.4, 0.5) is 0 Å². The van der Waals surface area contributed by atoms with Crippen LogP contribution in [0.5, 0.6) is 11.5 Å². The highest BCUT2D eigenvalue weighted by molar-refractivity contribution is 7.71. The molecule has 40 heavy (non-hydrogen) atoms. The first-order valence-corrected chi connectivity index (χ1v) is 13.7. The average Bonchev–Trinajstić information content (AvgIpc) is 3.55. The molecule has 2 heterocycles. The van der Waals surface area contributed by atoms with Gasteiger partial charge < -0.3 is 18.6 Å². The van der Waals surface area contributed by atoms with Gasteiger partial charge in [-0.05, 0) is 60.6 Å². The molecule has 8 heteroatoms. The van der Waals surface area contributed by atoms with E-state index in [0.717, 1.165) is 45.9 Å². The van der Waals surface area contributed by atoms with Gasteiger partial charge >= 0.3 is 0 Å². The van der Waals surface area contributed by atoms with E-state index >= 15 is 0 Å². The Balaban J connectivity index is 1.39. The van der Waals surface area contributed by atoms with E-state index in [2.05, 4.69) is 27.8 Å². The van der Waals surface area contributed by atoms with Gasteiger partial charge in [-0.2, -0.15) is 5.10 Å². The fourth-order valence-corrected chi connectivity index (χ4v) is 5.02. The molecular formula is C32H29N5O2S. The quantitative estimate of drug-likeness (QED) is 0.184. The summed E-state index contributed by atoms with van der Waals surface area (Å²) in [4.78, 5) is 5.02. The molecular weight excluding hydrogens is 518 g/mol. The van der Waals surface area contributed by atoms with Crippen molar-refractivity contribution in [2.24, 2.45) is 0 Å². The highest BCUT2D eigenvalue weighted by atomic mass is 32.1. The summed E-state index contributed by atoms with van der Waals surface area (Å²) in [6, 6.07) is 34.4. The van der Waals surface area contributed by atoms with Gasteiger partial charge in [-0.3, -0.25) is 5.10 Å². The molecule has 6 rings (SSSR count). The van der Waals surface area contributed by atoms with Crippen molar-refractivity contribution >= 4 is 23.3 Å². The average molecular weight is 548 g/mol. The van der Waals surface area contributed by atoms with E-state index in [-0.39, 0.29) is 0 Å². The van der Waals surface area contributed by atoms with Crippen LogP contribution in [0.3, 0.4) is 0 Å². The molecule has 0 radical (unpaired) electrons. The van der Waals surface area contributed by atoms with Crippen LogP contribution in [0.2, 0.25) is 0 Å². The van der Waals surface area contributed by atoms with Crippen LogP contribution in [0, 0.1) is 4.77 Å². The number of nitrogens with one attached hydrogen (secondary N) is 1. The van der Waals surface area contributed by atoms with E-state index < -0.39 is 0 Å². The fourth-order valence-electron chi connectivity index (χ4n) is 4.74. The number of hydrogen-bond acceptors (Lipinski definition) is 5. The summed E-state index contributed by atoms with van der Waals surface area (Å²) in [5.41, 5.74) is 5.02. The number of imidazole rings is 1. The summed E-state index contributed by atoms with van der Waals surface area (Å²) >= 11 is 5.44. The molecule has 0 spiro atoms. The van der Waals surface area contributed by atoms with E-state index in [0.29, 0.717) is 36.0 Å². The third-order valence-electron chi connectivity index (χ3n) is 6.78. The SMILES string of the molecule is CCn1c(Cn2c(-c3ccc(OCc4ccccc4)c(OCc4ccccc4)c3)nc3ccccc32)n[nH]c1=S. The molecule has 6 aromatic rings. The first kappa shape index (κ1) is 25.6. The number of para-hydroxylation sites is 2. The molecule has 1 N–H and O–H groups in total. The smallest absolute Gasteiger partial charge is 0.195 e. The van der Waals surface area contributed by atoms with Crippen LogP contribution in [-0.4, -0.2) is 24.3 Å². The number of aromatic nitrogens is 5. The molecule has 0 unspecified atom stereocenters. The predicted octanol–water partition coefficient (Wildman–Crippen LogP) is 7.18. The lowest BCUT2D eigenvalue weighted by Crippen LogP contribution is -2.09. The van der Waals surface area contributed by atoms with E-state index in [1.54, 1.807) is 0 Å². The minimum Gasteiger partial charge on any atom is -0.485 e. The number of rotatable bonds is 10. The van der Waals surface area contributed by atoms with Crippen LogP contribution >= 0.6 is 12.2 Å². The minimum absolute atomic E-state index is 0.424. The van der Waals surface area contributed by atoms with Gasteiger partial charge in [-0.15, -0.1) is 0 Å². The lowest BCUT2D eigenvalue weighted by molar-refractivity contribution is 0.256. The largest absolute Gasteiger partial charge is 0.485 e. The number of H-pyrrole nitrogens is 1. The molecule has 2 aromatic heterocycles. The molecule has 0 aliphatic heterocycles. The monoisotopic (exact) mass is 547 g/mol. The van der Waals surface area contributed by atoms with Gasteiger partial charge in [0.1, 0.15) is 19.0 Å². The minimum atomic E-state index is 0.424. The molecule has 0 fully saturated rings. The highest BCUT2D eigenvalue weighted by Gasteiger charge is 2.18. The van der Waals surface area contributed by atoms with Gasteiger partial charge in [0.2, 0.25) is 0 Å². The number of fused-ring (bicyclic) bond motifs is 1. The molecule has 0 aliphatic carbocycles. The molecule has 4 aromatic carbocycles. The first-order valence-electron chi connectivity index (χ1n) is 13.3. The van der Waals surface area contributed by atoms with Crippen molar-refractivity contribution in [2.75, 3.05) is 0 Å². The van der Waals surface area contributed by atoms with Gasteiger partial charge in [0.05, 0.1) is 17.6 Å². The van der Waals surface area contributed by atoms with E-state index in [1.165, 1.54) is 0 Å². The van der Waals surface area contributed by atoms with E-state index in [4.69, 9.17) is 26.7 Å². The zero-order valence-electron chi connectivity index (χ0n) is 22.2. The van der Waals surface area contributed by atoms with E-state index in [9.17, 15) is 0 Å². The Morgan fingerprint density at radius 2 is 1.40 bits per heavy atom. The molecule has 0 amide bonds. The van der Waals surface area contributed by atoms with Gasteiger partial charge in [-0.25, -0.2) is 4.98 Å². The van der Waals surface area contributed by atoms with Crippen LogP contribution in [0.1, 0.15) is 23.9 Å². The Morgan fingerprint density at radius 1 is 0.750 bits per heavy atom. The molecule has 0 bridgehead atoms. The fraction of sp³-hybridized carbons (Fsp3) is 0.156. The van der Waals surface area contributed by atoms with Crippen molar-refractivity contribution in [1.82, 2.24) is 24.3 Å². The summed E-state index contributed by atoms with van der Waals surface area (Å²) in [6.45, 7) is 4.18. The maximum absolute atomic E-state index is 6.35. The second-order valence-corrected chi connectivity index (χ2v) is 9.80. The topological polar surface area (TPSA) is 69.9 Å². The molecule has 0 saturated heterocycles. The normalized spacial score (nSPS) is 11.1. The number of ether oxygens (including phenoxy) is 2. The Labute approximate surface area is 237 Å². The van der Waals surface area contributed by atoms with Crippen molar-refractivity contribution in [3.05, 3.63) is 125 Å². The van der Waals surface area contributed by atoms with Crippen molar-refractivity contribution in [3.63, 3.8) is 0 Å². The predicted molar refractivity (Wildman–Crippen MR) is 159 cm³/mol. The molecule has 0 aliphatic rings. The van der Waals surface area contributed by atoms with Gasteiger partial charge in [0.25, 0.3) is 0 Å². The van der Waals surface area contributed by atoms with Gasteiger partial charge in [0, 0.05) is 12.1 Å². The number of hydrogen-bond donors (Lipinski definition) is 1. The van der Waals surface area contributed by atoms with Gasteiger partial charge in [0.15, 0.2) is 22.1 Å². The lowest BCUT2D eigenvalue weighted by Gasteiger charge is -2.15. The van der Waals surface area contributed by atoms with Crippen molar-refractivity contribution in [3.8, 4) is 22.9 Å². The second kappa shape index (κ2) is 11.6. The van der Waals surface area contributed by atoms with Crippen molar-refractivity contribution in [2.45, 2.75) is 33.2 Å². The number of benzene rings is 4. The number of nitrogens with zero attached hydrogens (tertiary/aromatic N) is 4. The summed E-state index contributed by atoms with van der Waals surface area (Å²) < 4.78 is 17.4. The Hall–Kier alpha value is -4.69. The zero-order valence-corrected chi connectivity index (χ0v) is 23.0. The van der Waals surface area contributed by atoms with Crippen LogP contribution in [0.25, 0.3) is 22.4 Å².